The molecule has 0 fully saturated rings. The van der Waals surface area contributed by atoms with E-state index in [1.807, 2.05) is 6.07 Å². The summed E-state index contributed by atoms with van der Waals surface area (Å²) in [6.45, 7) is 1.19. The molecule has 1 amide bonds. The van der Waals surface area contributed by atoms with Gasteiger partial charge in [-0.05, 0) is 43.5 Å². The zero-order chi connectivity index (χ0) is 14.8. The number of amides is 1. The number of nitrogens with one attached hydrogen (secondary N) is 1. The van der Waals surface area contributed by atoms with Crippen LogP contribution in [0.5, 0.6) is 0 Å². The standard InChI is InChI=1S/C15H22N2O3/c16-9-3-1-2-7-14(18)17-10-8-12-5-4-6-13(11-12)15(19)20/h4-6,11H,1-3,7-10,16H2,(H,17,18)(H,19,20). The number of benzene rings is 1. The van der Waals surface area contributed by atoms with Crippen molar-refractivity contribution in [3.63, 3.8) is 0 Å². The topological polar surface area (TPSA) is 92.4 Å². The average Bonchev–Trinajstić information content (AvgIpc) is 2.44. The first-order chi connectivity index (χ1) is 9.63. The van der Waals surface area contributed by atoms with Crippen molar-refractivity contribution in [1.29, 1.82) is 0 Å². The molecule has 1 aromatic carbocycles. The van der Waals surface area contributed by atoms with Gasteiger partial charge in [0.2, 0.25) is 5.91 Å². The van der Waals surface area contributed by atoms with Gasteiger partial charge in [-0.3, -0.25) is 4.79 Å². The largest absolute Gasteiger partial charge is 0.478 e. The third kappa shape index (κ3) is 6.33. The molecular weight excluding hydrogens is 256 g/mol. The Labute approximate surface area is 119 Å². The van der Waals surface area contributed by atoms with Gasteiger partial charge in [-0.1, -0.05) is 18.6 Å². The van der Waals surface area contributed by atoms with Gasteiger partial charge in [-0.25, -0.2) is 4.79 Å². The van der Waals surface area contributed by atoms with Crippen molar-refractivity contribution >= 4 is 11.9 Å². The summed E-state index contributed by atoms with van der Waals surface area (Å²) >= 11 is 0. The van der Waals surface area contributed by atoms with Crippen LogP contribution in [0, 0.1) is 0 Å². The summed E-state index contributed by atoms with van der Waals surface area (Å²) in [7, 11) is 0. The van der Waals surface area contributed by atoms with Crippen molar-refractivity contribution in [1.82, 2.24) is 5.32 Å². The lowest BCUT2D eigenvalue weighted by atomic mass is 10.1. The van der Waals surface area contributed by atoms with E-state index < -0.39 is 5.97 Å². The summed E-state index contributed by atoms with van der Waals surface area (Å²) in [5.74, 6) is -0.896. The van der Waals surface area contributed by atoms with Gasteiger partial charge in [0.25, 0.3) is 0 Å². The predicted molar refractivity (Wildman–Crippen MR) is 77.6 cm³/mol. The zero-order valence-corrected chi connectivity index (χ0v) is 11.6. The van der Waals surface area contributed by atoms with Crippen LogP contribution in [0.15, 0.2) is 24.3 Å². The zero-order valence-electron chi connectivity index (χ0n) is 11.6. The molecule has 0 unspecified atom stereocenters. The van der Waals surface area contributed by atoms with Gasteiger partial charge in [0, 0.05) is 13.0 Å². The van der Waals surface area contributed by atoms with Gasteiger partial charge in [0.15, 0.2) is 0 Å². The second-order valence-electron chi connectivity index (χ2n) is 4.70. The number of carbonyl (C=O) groups is 2. The fourth-order valence-corrected chi connectivity index (χ4v) is 1.90. The highest BCUT2D eigenvalue weighted by atomic mass is 16.4. The summed E-state index contributed by atoms with van der Waals surface area (Å²) in [4.78, 5) is 22.4. The van der Waals surface area contributed by atoms with Gasteiger partial charge < -0.3 is 16.2 Å². The van der Waals surface area contributed by atoms with E-state index in [-0.39, 0.29) is 11.5 Å². The molecule has 1 aromatic rings. The molecule has 110 valence electrons. The molecule has 0 radical (unpaired) electrons. The Balaban J connectivity index is 2.25. The molecule has 0 aromatic heterocycles. The van der Waals surface area contributed by atoms with Gasteiger partial charge in [-0.15, -0.1) is 0 Å². The number of rotatable bonds is 9. The van der Waals surface area contributed by atoms with Gasteiger partial charge in [0.1, 0.15) is 0 Å². The van der Waals surface area contributed by atoms with Crippen molar-refractivity contribution < 1.29 is 14.7 Å². The molecule has 0 heterocycles. The van der Waals surface area contributed by atoms with Crippen molar-refractivity contribution in [2.45, 2.75) is 32.1 Å². The Morgan fingerprint density at radius 3 is 2.70 bits per heavy atom. The fraction of sp³-hybridized carbons (Fsp3) is 0.467. The molecule has 0 aliphatic carbocycles. The van der Waals surface area contributed by atoms with Crippen LogP contribution < -0.4 is 11.1 Å². The highest BCUT2D eigenvalue weighted by Crippen LogP contribution is 2.06. The van der Waals surface area contributed by atoms with E-state index in [9.17, 15) is 9.59 Å². The minimum absolute atomic E-state index is 0.0383. The van der Waals surface area contributed by atoms with E-state index in [1.165, 1.54) is 0 Å². The van der Waals surface area contributed by atoms with E-state index in [0.717, 1.165) is 24.8 Å². The summed E-state index contributed by atoms with van der Waals surface area (Å²) < 4.78 is 0. The molecule has 0 atom stereocenters. The van der Waals surface area contributed by atoms with E-state index in [2.05, 4.69) is 5.32 Å². The Morgan fingerprint density at radius 2 is 2.00 bits per heavy atom. The summed E-state index contributed by atoms with van der Waals surface area (Å²) in [6.07, 6.45) is 3.95. The number of hydrogen-bond acceptors (Lipinski definition) is 3. The van der Waals surface area contributed by atoms with E-state index in [0.29, 0.717) is 25.9 Å². The van der Waals surface area contributed by atoms with E-state index in [4.69, 9.17) is 10.8 Å². The third-order valence-corrected chi connectivity index (χ3v) is 3.02. The molecule has 0 saturated carbocycles. The number of carbonyl (C=O) groups excluding carboxylic acids is 1. The third-order valence-electron chi connectivity index (χ3n) is 3.02. The second-order valence-corrected chi connectivity index (χ2v) is 4.70. The minimum atomic E-state index is -0.934. The Hall–Kier alpha value is -1.88. The Bertz CT molecular complexity index is 446. The van der Waals surface area contributed by atoms with Crippen molar-refractivity contribution in [2.24, 2.45) is 5.73 Å². The molecule has 1 rings (SSSR count). The predicted octanol–water partition coefficient (Wildman–Crippen LogP) is 1.56. The lowest BCUT2D eigenvalue weighted by Crippen LogP contribution is -2.25. The van der Waals surface area contributed by atoms with E-state index >= 15 is 0 Å². The summed E-state index contributed by atoms with van der Waals surface area (Å²) in [6, 6.07) is 6.77. The first kappa shape index (κ1) is 16.2. The molecule has 0 aliphatic heterocycles. The summed E-state index contributed by atoms with van der Waals surface area (Å²) in [5, 5.41) is 11.7. The SMILES string of the molecule is NCCCCCC(=O)NCCc1cccc(C(=O)O)c1. The van der Waals surface area contributed by atoms with Crippen molar-refractivity contribution in [3.8, 4) is 0 Å². The van der Waals surface area contributed by atoms with Crippen molar-refractivity contribution in [3.05, 3.63) is 35.4 Å². The van der Waals surface area contributed by atoms with Crippen LogP contribution in [0.1, 0.15) is 41.6 Å². The van der Waals surface area contributed by atoms with Crippen LogP contribution in [-0.4, -0.2) is 30.1 Å². The second kappa shape index (κ2) is 9.09. The monoisotopic (exact) mass is 278 g/mol. The van der Waals surface area contributed by atoms with Gasteiger partial charge in [0.05, 0.1) is 5.56 Å². The molecule has 0 spiro atoms. The highest BCUT2D eigenvalue weighted by molar-refractivity contribution is 5.87. The minimum Gasteiger partial charge on any atom is -0.478 e. The van der Waals surface area contributed by atoms with Crippen LogP contribution in [0.2, 0.25) is 0 Å². The number of carboxylic acid groups (broad SMARTS) is 1. The molecular formula is C15H22N2O3. The normalized spacial score (nSPS) is 10.2. The maximum Gasteiger partial charge on any atom is 0.335 e. The smallest absolute Gasteiger partial charge is 0.335 e. The number of hydrogen-bond donors (Lipinski definition) is 3. The quantitative estimate of drug-likeness (QED) is 0.598. The van der Waals surface area contributed by atoms with Crippen LogP contribution in [0.25, 0.3) is 0 Å². The Kier molecular flexibility index (Phi) is 7.35. The summed E-state index contributed by atoms with van der Waals surface area (Å²) in [5.41, 5.74) is 6.57. The average molecular weight is 278 g/mol. The molecule has 5 heteroatoms. The fourth-order valence-electron chi connectivity index (χ4n) is 1.90. The molecule has 0 bridgehead atoms. The van der Waals surface area contributed by atoms with E-state index in [1.54, 1.807) is 18.2 Å². The first-order valence-electron chi connectivity index (χ1n) is 6.92. The van der Waals surface area contributed by atoms with Crippen LogP contribution in [-0.2, 0) is 11.2 Å². The molecule has 5 nitrogen and oxygen atoms in total. The Morgan fingerprint density at radius 1 is 1.20 bits per heavy atom. The van der Waals surface area contributed by atoms with Crippen LogP contribution in [0.3, 0.4) is 0 Å². The number of unbranched alkanes of at least 4 members (excludes halogenated alkanes) is 2. The lowest BCUT2D eigenvalue weighted by molar-refractivity contribution is -0.121. The number of carboxylic acids is 1. The van der Waals surface area contributed by atoms with Crippen LogP contribution in [0.4, 0.5) is 0 Å². The van der Waals surface area contributed by atoms with Crippen LogP contribution >= 0.6 is 0 Å². The lowest BCUT2D eigenvalue weighted by Gasteiger charge is -2.06. The van der Waals surface area contributed by atoms with Crippen molar-refractivity contribution in [2.75, 3.05) is 13.1 Å². The maximum atomic E-state index is 11.5. The first-order valence-corrected chi connectivity index (χ1v) is 6.92. The highest BCUT2D eigenvalue weighted by Gasteiger charge is 2.04. The molecule has 4 N–H and O–H groups in total. The molecule has 0 aliphatic rings. The maximum absolute atomic E-state index is 11.5. The number of nitrogens with two attached hydrogens (primary N) is 1. The van der Waals surface area contributed by atoms with Gasteiger partial charge in [-0.2, -0.15) is 0 Å². The number of aromatic carboxylic acids is 1. The van der Waals surface area contributed by atoms with Gasteiger partial charge >= 0.3 is 5.97 Å². The molecule has 0 saturated heterocycles. The molecule has 20 heavy (non-hydrogen) atoms.